The highest BCUT2D eigenvalue weighted by Gasteiger charge is 2.25. The highest BCUT2D eigenvalue weighted by Crippen LogP contribution is 2.21. The molecule has 1 atom stereocenters. The van der Waals surface area contributed by atoms with E-state index in [0.717, 1.165) is 18.9 Å². The molecule has 1 unspecified atom stereocenters. The van der Waals surface area contributed by atoms with Crippen LogP contribution in [0.5, 0.6) is 5.75 Å². The van der Waals surface area contributed by atoms with Gasteiger partial charge in [-0.1, -0.05) is 0 Å². The second-order valence-corrected chi connectivity index (χ2v) is 6.35. The molecular formula is C18H25FN2O3. The zero-order chi connectivity index (χ0) is 17.7. The van der Waals surface area contributed by atoms with Crippen LogP contribution in [0.25, 0.3) is 0 Å². The molecule has 1 aliphatic rings. The van der Waals surface area contributed by atoms with Crippen LogP contribution in [0.1, 0.15) is 43.0 Å². The number of amides is 1. The van der Waals surface area contributed by atoms with Gasteiger partial charge in [-0.15, -0.1) is 0 Å². The van der Waals surface area contributed by atoms with E-state index in [4.69, 9.17) is 10.5 Å². The summed E-state index contributed by atoms with van der Waals surface area (Å²) >= 11 is 0. The van der Waals surface area contributed by atoms with E-state index in [0.29, 0.717) is 19.0 Å². The number of hydrogen-bond donors (Lipinski definition) is 1. The fourth-order valence-electron chi connectivity index (χ4n) is 3.04. The van der Waals surface area contributed by atoms with Crippen molar-refractivity contribution in [3.63, 3.8) is 0 Å². The normalized spacial score (nSPS) is 16.8. The van der Waals surface area contributed by atoms with Crippen molar-refractivity contribution in [1.82, 2.24) is 4.90 Å². The first-order chi connectivity index (χ1) is 11.4. The van der Waals surface area contributed by atoms with Crippen molar-refractivity contribution >= 4 is 11.7 Å². The lowest BCUT2D eigenvalue weighted by Gasteiger charge is -2.33. The monoisotopic (exact) mass is 336 g/mol. The molecule has 0 saturated carbocycles. The van der Waals surface area contributed by atoms with Crippen molar-refractivity contribution in [3.8, 4) is 5.75 Å². The Morgan fingerprint density at radius 2 is 2.00 bits per heavy atom. The van der Waals surface area contributed by atoms with Crippen LogP contribution in [-0.2, 0) is 4.79 Å². The number of piperidine rings is 1. The Labute approximate surface area is 142 Å². The molecule has 0 radical (unpaired) electrons. The van der Waals surface area contributed by atoms with E-state index in [1.54, 1.807) is 4.90 Å². The molecule has 1 aliphatic heterocycles. The van der Waals surface area contributed by atoms with Crippen molar-refractivity contribution in [1.29, 1.82) is 0 Å². The lowest BCUT2D eigenvalue weighted by molar-refractivity contribution is -0.132. The van der Waals surface area contributed by atoms with Crippen LogP contribution < -0.4 is 10.5 Å². The molecule has 0 aromatic heterocycles. The SMILES string of the molecule is COc1ccc(C(=O)CCC(=O)N2CCC(C(C)N)CC2)cc1F. The Morgan fingerprint density at radius 1 is 1.33 bits per heavy atom. The van der Waals surface area contributed by atoms with Crippen molar-refractivity contribution in [3.05, 3.63) is 29.6 Å². The summed E-state index contributed by atoms with van der Waals surface area (Å²) in [6.07, 6.45) is 2.04. The van der Waals surface area contributed by atoms with Gasteiger partial charge in [-0.3, -0.25) is 9.59 Å². The molecule has 2 N–H and O–H groups in total. The first kappa shape index (κ1) is 18.4. The minimum Gasteiger partial charge on any atom is -0.494 e. The number of benzene rings is 1. The van der Waals surface area contributed by atoms with Crippen LogP contribution in [-0.4, -0.2) is 42.8 Å². The third kappa shape index (κ3) is 4.54. The van der Waals surface area contributed by atoms with E-state index in [-0.39, 0.29) is 41.9 Å². The Balaban J connectivity index is 1.83. The highest BCUT2D eigenvalue weighted by molar-refractivity contribution is 5.98. The number of methoxy groups -OCH3 is 1. The first-order valence-electron chi connectivity index (χ1n) is 8.32. The zero-order valence-electron chi connectivity index (χ0n) is 14.3. The van der Waals surface area contributed by atoms with Gasteiger partial charge in [0.1, 0.15) is 0 Å². The lowest BCUT2D eigenvalue weighted by Crippen LogP contribution is -2.42. The van der Waals surface area contributed by atoms with Gasteiger partial charge in [-0.25, -0.2) is 4.39 Å². The standard InChI is InChI=1S/C18H25FN2O3/c1-12(20)13-7-9-21(10-8-13)18(23)6-4-16(22)14-3-5-17(24-2)15(19)11-14/h3,5,11-13H,4,6-10,20H2,1-2H3. The Morgan fingerprint density at radius 3 is 2.54 bits per heavy atom. The predicted octanol–water partition coefficient (Wildman–Crippen LogP) is 2.38. The van der Waals surface area contributed by atoms with E-state index >= 15 is 0 Å². The molecule has 0 spiro atoms. The van der Waals surface area contributed by atoms with Crippen molar-refractivity contribution < 1.29 is 18.7 Å². The van der Waals surface area contributed by atoms with Gasteiger partial charge in [-0.05, 0) is 43.9 Å². The second-order valence-electron chi connectivity index (χ2n) is 6.35. The average molecular weight is 336 g/mol. The van der Waals surface area contributed by atoms with Gasteiger partial charge in [0, 0.05) is 37.5 Å². The van der Waals surface area contributed by atoms with E-state index < -0.39 is 5.82 Å². The fourth-order valence-corrected chi connectivity index (χ4v) is 3.04. The Bertz CT molecular complexity index is 596. The summed E-state index contributed by atoms with van der Waals surface area (Å²) in [4.78, 5) is 26.1. The maximum atomic E-state index is 13.6. The van der Waals surface area contributed by atoms with Gasteiger partial charge in [-0.2, -0.15) is 0 Å². The molecule has 1 aromatic rings. The molecule has 24 heavy (non-hydrogen) atoms. The predicted molar refractivity (Wildman–Crippen MR) is 89.5 cm³/mol. The van der Waals surface area contributed by atoms with Crippen molar-refractivity contribution in [2.75, 3.05) is 20.2 Å². The summed E-state index contributed by atoms with van der Waals surface area (Å²) in [6, 6.07) is 4.24. The first-order valence-corrected chi connectivity index (χ1v) is 8.32. The van der Waals surface area contributed by atoms with Crippen molar-refractivity contribution in [2.45, 2.75) is 38.6 Å². The fraction of sp³-hybridized carbons (Fsp3) is 0.556. The van der Waals surface area contributed by atoms with Crippen LogP contribution in [0, 0.1) is 11.7 Å². The topological polar surface area (TPSA) is 72.6 Å². The molecule has 5 nitrogen and oxygen atoms in total. The molecule has 2 rings (SSSR count). The van der Waals surface area contributed by atoms with E-state index in [2.05, 4.69) is 0 Å². The molecule has 132 valence electrons. The molecule has 0 aliphatic carbocycles. The number of ketones is 1. The number of halogens is 1. The van der Waals surface area contributed by atoms with Crippen LogP contribution in [0.15, 0.2) is 18.2 Å². The number of nitrogens with zero attached hydrogens (tertiary/aromatic N) is 1. The van der Waals surface area contributed by atoms with Crippen LogP contribution in [0.4, 0.5) is 4.39 Å². The molecule has 1 amide bonds. The zero-order valence-corrected chi connectivity index (χ0v) is 14.3. The number of carbonyl (C=O) groups excluding carboxylic acids is 2. The number of nitrogens with two attached hydrogens (primary N) is 1. The van der Waals surface area contributed by atoms with Gasteiger partial charge in [0.2, 0.25) is 5.91 Å². The van der Waals surface area contributed by atoms with Crippen LogP contribution >= 0.6 is 0 Å². The maximum Gasteiger partial charge on any atom is 0.223 e. The van der Waals surface area contributed by atoms with Crippen LogP contribution in [0.2, 0.25) is 0 Å². The van der Waals surface area contributed by atoms with Gasteiger partial charge in [0.05, 0.1) is 7.11 Å². The summed E-state index contributed by atoms with van der Waals surface area (Å²) in [5.74, 6) is -0.291. The number of rotatable bonds is 6. The van der Waals surface area contributed by atoms with Gasteiger partial charge in [0.25, 0.3) is 0 Å². The third-order valence-corrected chi connectivity index (χ3v) is 4.68. The smallest absolute Gasteiger partial charge is 0.223 e. The van der Waals surface area contributed by atoms with E-state index in [9.17, 15) is 14.0 Å². The molecule has 1 saturated heterocycles. The molecule has 1 aromatic carbocycles. The van der Waals surface area contributed by atoms with Crippen LogP contribution in [0.3, 0.4) is 0 Å². The third-order valence-electron chi connectivity index (χ3n) is 4.68. The minimum atomic E-state index is -0.576. The summed E-state index contributed by atoms with van der Waals surface area (Å²) < 4.78 is 18.5. The number of ether oxygens (including phenoxy) is 1. The largest absolute Gasteiger partial charge is 0.494 e. The number of hydrogen-bond acceptors (Lipinski definition) is 4. The quantitative estimate of drug-likeness (QED) is 0.810. The number of carbonyl (C=O) groups is 2. The highest BCUT2D eigenvalue weighted by atomic mass is 19.1. The molecule has 6 heteroatoms. The summed E-state index contributed by atoms with van der Waals surface area (Å²) in [5, 5.41) is 0. The van der Waals surface area contributed by atoms with E-state index in [1.807, 2.05) is 6.92 Å². The second kappa shape index (κ2) is 8.24. The van der Waals surface area contributed by atoms with Gasteiger partial charge < -0.3 is 15.4 Å². The molecule has 1 heterocycles. The van der Waals surface area contributed by atoms with E-state index in [1.165, 1.54) is 19.2 Å². The van der Waals surface area contributed by atoms with Crippen molar-refractivity contribution in [2.24, 2.45) is 11.7 Å². The maximum absolute atomic E-state index is 13.6. The average Bonchev–Trinajstić information content (AvgIpc) is 2.59. The van der Waals surface area contributed by atoms with Gasteiger partial charge >= 0.3 is 0 Å². The molecular weight excluding hydrogens is 311 g/mol. The number of Topliss-reactive ketones (excluding diaryl/α,β-unsaturated/α-hetero) is 1. The Kier molecular flexibility index (Phi) is 6.31. The summed E-state index contributed by atoms with van der Waals surface area (Å²) in [6.45, 7) is 3.38. The lowest BCUT2D eigenvalue weighted by atomic mass is 9.91. The number of likely N-dealkylation sites (tertiary alicyclic amines) is 1. The summed E-state index contributed by atoms with van der Waals surface area (Å²) in [5.41, 5.74) is 6.16. The van der Waals surface area contributed by atoms with Gasteiger partial charge in [0.15, 0.2) is 17.3 Å². The molecule has 0 bridgehead atoms. The minimum absolute atomic E-state index is 0.0274. The summed E-state index contributed by atoms with van der Waals surface area (Å²) in [7, 11) is 1.37. The Hall–Kier alpha value is -1.95. The molecule has 1 fully saturated rings.